The van der Waals surface area contributed by atoms with E-state index in [2.05, 4.69) is 5.32 Å². The lowest BCUT2D eigenvalue weighted by Crippen LogP contribution is -2.22. The highest BCUT2D eigenvalue weighted by atomic mass is 19.3. The van der Waals surface area contributed by atoms with Crippen molar-refractivity contribution < 1.29 is 18.3 Å². The van der Waals surface area contributed by atoms with E-state index in [-0.39, 0.29) is 0 Å². The fraction of sp³-hybridized carbons (Fsp3) is 1.00. The Balaban J connectivity index is 1.74. The maximum Gasteiger partial charge on any atom is 0.261 e. The number of hydrogen-bond donors (Lipinski definition) is 1. The van der Waals surface area contributed by atoms with Crippen LogP contribution in [0.5, 0.6) is 0 Å². The van der Waals surface area contributed by atoms with Crippen LogP contribution >= 0.6 is 0 Å². The van der Waals surface area contributed by atoms with Crippen LogP contribution in [0.15, 0.2) is 0 Å². The van der Waals surface area contributed by atoms with Crippen LogP contribution in [0.3, 0.4) is 0 Å². The molecule has 1 heterocycles. The highest BCUT2D eigenvalue weighted by Crippen LogP contribution is 2.16. The zero-order chi connectivity index (χ0) is 11.6. The minimum Gasteiger partial charge on any atom is -0.378 e. The normalized spacial score (nSPS) is 20.8. The van der Waals surface area contributed by atoms with Gasteiger partial charge in [-0.05, 0) is 32.2 Å². The molecule has 0 aromatic heterocycles. The molecule has 1 atom stereocenters. The second-order valence-corrected chi connectivity index (χ2v) is 3.99. The summed E-state index contributed by atoms with van der Waals surface area (Å²) in [5.41, 5.74) is 0. The van der Waals surface area contributed by atoms with Gasteiger partial charge in [0.1, 0.15) is 6.61 Å². The van der Waals surface area contributed by atoms with E-state index in [0.29, 0.717) is 19.3 Å². The minimum atomic E-state index is -2.36. The fourth-order valence-corrected chi connectivity index (χ4v) is 1.77. The van der Waals surface area contributed by atoms with Gasteiger partial charge in [-0.3, -0.25) is 0 Å². The van der Waals surface area contributed by atoms with Gasteiger partial charge in [-0.1, -0.05) is 0 Å². The summed E-state index contributed by atoms with van der Waals surface area (Å²) >= 11 is 0. The second kappa shape index (κ2) is 8.84. The number of ether oxygens (including phenoxy) is 2. The first-order chi connectivity index (χ1) is 7.79. The van der Waals surface area contributed by atoms with E-state index in [1.165, 1.54) is 12.8 Å². The van der Waals surface area contributed by atoms with E-state index in [9.17, 15) is 8.78 Å². The number of halogens is 2. The van der Waals surface area contributed by atoms with Crippen LogP contribution in [-0.2, 0) is 9.47 Å². The molecule has 0 aliphatic carbocycles. The van der Waals surface area contributed by atoms with E-state index >= 15 is 0 Å². The van der Waals surface area contributed by atoms with E-state index < -0.39 is 13.0 Å². The molecule has 0 amide bonds. The predicted octanol–water partition coefficient (Wildman–Crippen LogP) is 1.82. The van der Waals surface area contributed by atoms with Gasteiger partial charge in [0.05, 0.1) is 12.7 Å². The van der Waals surface area contributed by atoms with Crippen LogP contribution in [0, 0.1) is 0 Å². The van der Waals surface area contributed by atoms with Crippen LogP contribution in [0.1, 0.15) is 25.7 Å². The molecule has 3 nitrogen and oxygen atoms in total. The lowest BCUT2D eigenvalue weighted by atomic mass is 10.1. The average Bonchev–Trinajstić information content (AvgIpc) is 2.74. The van der Waals surface area contributed by atoms with E-state index in [1.807, 2.05) is 0 Å². The number of hydrogen-bond acceptors (Lipinski definition) is 3. The van der Waals surface area contributed by atoms with Crippen molar-refractivity contribution in [1.29, 1.82) is 0 Å². The van der Waals surface area contributed by atoms with Crippen LogP contribution in [0.4, 0.5) is 8.78 Å². The standard InChI is InChI=1S/C11H21F2NO2/c12-11(13)9-15-8-6-14-5-1-3-10-4-2-7-16-10/h10-11,14H,1-9H2. The summed E-state index contributed by atoms with van der Waals surface area (Å²) in [6.45, 7) is 2.33. The van der Waals surface area contributed by atoms with Crippen molar-refractivity contribution in [3.8, 4) is 0 Å². The summed E-state index contributed by atoms with van der Waals surface area (Å²) in [6, 6.07) is 0. The van der Waals surface area contributed by atoms with Crippen molar-refractivity contribution in [3.05, 3.63) is 0 Å². The monoisotopic (exact) mass is 237 g/mol. The van der Waals surface area contributed by atoms with Crippen molar-refractivity contribution in [2.75, 3.05) is 32.9 Å². The topological polar surface area (TPSA) is 30.5 Å². The van der Waals surface area contributed by atoms with Gasteiger partial charge in [0.2, 0.25) is 0 Å². The predicted molar refractivity (Wildman–Crippen MR) is 57.9 cm³/mol. The maximum atomic E-state index is 11.7. The molecule has 0 radical (unpaired) electrons. The van der Waals surface area contributed by atoms with Crippen molar-refractivity contribution >= 4 is 0 Å². The van der Waals surface area contributed by atoms with Gasteiger partial charge in [-0.15, -0.1) is 0 Å². The third kappa shape index (κ3) is 7.09. The molecule has 96 valence electrons. The van der Waals surface area contributed by atoms with Crippen molar-refractivity contribution in [1.82, 2.24) is 5.32 Å². The quantitative estimate of drug-likeness (QED) is 0.620. The third-order valence-corrected chi connectivity index (χ3v) is 2.57. The van der Waals surface area contributed by atoms with Gasteiger partial charge in [-0.25, -0.2) is 8.78 Å². The Morgan fingerprint density at radius 2 is 2.25 bits per heavy atom. The molecule has 5 heteroatoms. The Bertz CT molecular complexity index is 164. The number of rotatable bonds is 9. The van der Waals surface area contributed by atoms with Gasteiger partial charge < -0.3 is 14.8 Å². The average molecular weight is 237 g/mol. The molecule has 0 saturated carbocycles. The molecule has 0 aromatic carbocycles. The first kappa shape index (κ1) is 13.8. The molecular weight excluding hydrogens is 216 g/mol. The van der Waals surface area contributed by atoms with Gasteiger partial charge in [0.15, 0.2) is 0 Å². The lowest BCUT2D eigenvalue weighted by Gasteiger charge is -2.09. The van der Waals surface area contributed by atoms with Gasteiger partial charge in [0.25, 0.3) is 6.43 Å². The first-order valence-corrected chi connectivity index (χ1v) is 5.97. The number of nitrogens with one attached hydrogen (secondary N) is 1. The Labute approximate surface area is 95.5 Å². The van der Waals surface area contributed by atoms with Crippen molar-refractivity contribution in [2.45, 2.75) is 38.2 Å². The summed E-state index contributed by atoms with van der Waals surface area (Å²) < 4.78 is 33.6. The van der Waals surface area contributed by atoms with Crippen LogP contribution in [0.2, 0.25) is 0 Å². The molecule has 1 N–H and O–H groups in total. The minimum absolute atomic E-state index is 0.351. The van der Waals surface area contributed by atoms with Crippen LogP contribution < -0.4 is 5.32 Å². The van der Waals surface area contributed by atoms with Gasteiger partial charge >= 0.3 is 0 Å². The molecule has 1 aliphatic heterocycles. The Morgan fingerprint density at radius 1 is 1.38 bits per heavy atom. The van der Waals surface area contributed by atoms with Gasteiger partial charge in [0, 0.05) is 13.2 Å². The Morgan fingerprint density at radius 3 is 2.94 bits per heavy atom. The summed E-state index contributed by atoms with van der Waals surface area (Å²) in [6.07, 6.45) is 2.60. The Hall–Kier alpha value is -0.260. The molecule has 1 saturated heterocycles. The summed E-state index contributed by atoms with van der Waals surface area (Å²) in [5.74, 6) is 0. The molecule has 1 fully saturated rings. The molecule has 1 rings (SSSR count). The second-order valence-electron chi connectivity index (χ2n) is 3.99. The van der Waals surface area contributed by atoms with Crippen LogP contribution in [-0.4, -0.2) is 45.4 Å². The zero-order valence-electron chi connectivity index (χ0n) is 9.59. The Kier molecular flexibility index (Phi) is 7.63. The molecule has 0 aromatic rings. The highest BCUT2D eigenvalue weighted by molar-refractivity contribution is 4.65. The molecule has 1 unspecified atom stereocenters. The SMILES string of the molecule is FC(F)COCCNCCCC1CCCO1. The van der Waals surface area contributed by atoms with Gasteiger partial charge in [-0.2, -0.15) is 0 Å². The zero-order valence-corrected chi connectivity index (χ0v) is 9.59. The maximum absolute atomic E-state index is 11.7. The number of alkyl halides is 2. The van der Waals surface area contributed by atoms with E-state index in [4.69, 9.17) is 9.47 Å². The first-order valence-electron chi connectivity index (χ1n) is 5.97. The summed E-state index contributed by atoms with van der Waals surface area (Å²) in [4.78, 5) is 0. The molecule has 0 bridgehead atoms. The third-order valence-electron chi connectivity index (χ3n) is 2.57. The summed E-state index contributed by atoms with van der Waals surface area (Å²) in [7, 11) is 0. The summed E-state index contributed by atoms with van der Waals surface area (Å²) in [5, 5.41) is 3.16. The van der Waals surface area contributed by atoms with Crippen molar-refractivity contribution in [2.24, 2.45) is 0 Å². The molecule has 0 spiro atoms. The molecule has 1 aliphatic rings. The van der Waals surface area contributed by atoms with E-state index in [0.717, 1.165) is 26.0 Å². The smallest absolute Gasteiger partial charge is 0.261 e. The molecule has 16 heavy (non-hydrogen) atoms. The van der Waals surface area contributed by atoms with E-state index in [1.54, 1.807) is 0 Å². The fourth-order valence-electron chi connectivity index (χ4n) is 1.77. The lowest BCUT2D eigenvalue weighted by molar-refractivity contribution is 0.0187. The largest absolute Gasteiger partial charge is 0.378 e. The van der Waals surface area contributed by atoms with Crippen LogP contribution in [0.25, 0.3) is 0 Å². The van der Waals surface area contributed by atoms with Crippen molar-refractivity contribution in [3.63, 3.8) is 0 Å². The molecular formula is C11H21F2NO2. The highest BCUT2D eigenvalue weighted by Gasteiger charge is 2.14.